The number of nitrogens with zero attached hydrogens (tertiary/aromatic N) is 3. The van der Waals surface area contributed by atoms with Crippen LogP contribution in [0.1, 0.15) is 32.1 Å². The number of likely N-dealkylation sites (N-methyl/N-ethyl adjacent to an activating group) is 1. The van der Waals surface area contributed by atoms with Crippen molar-refractivity contribution in [1.29, 1.82) is 0 Å². The molecule has 10 nitrogen and oxygen atoms in total. The summed E-state index contributed by atoms with van der Waals surface area (Å²) in [5.41, 5.74) is 0. The van der Waals surface area contributed by atoms with Gasteiger partial charge in [-0.2, -0.15) is 13.2 Å². The third-order valence-electron chi connectivity index (χ3n) is 9.70. The van der Waals surface area contributed by atoms with Crippen molar-refractivity contribution < 1.29 is 32.3 Å². The maximum atomic E-state index is 13.9. The Hall–Kier alpha value is -2.83. The fraction of sp³-hybridized carbons (Fsp3) is 0.760. The smallest absolute Gasteiger partial charge is 0.339 e. The van der Waals surface area contributed by atoms with Gasteiger partial charge in [0.15, 0.2) is 0 Å². The number of nitrogens with one attached hydrogen (secondary N) is 3. The van der Waals surface area contributed by atoms with E-state index in [9.17, 15) is 32.3 Å². The van der Waals surface area contributed by atoms with E-state index in [0.717, 1.165) is 12.8 Å². The van der Waals surface area contributed by atoms with Crippen LogP contribution >= 0.6 is 0 Å². The lowest BCUT2D eigenvalue weighted by molar-refractivity contribution is -0.196. The van der Waals surface area contributed by atoms with Crippen LogP contribution in [0.2, 0.25) is 0 Å². The van der Waals surface area contributed by atoms with E-state index in [4.69, 9.17) is 0 Å². The first-order valence-corrected chi connectivity index (χ1v) is 13.4. The largest absolute Gasteiger partial charge is 0.391 e. The van der Waals surface area contributed by atoms with Gasteiger partial charge in [0, 0.05) is 38.6 Å². The second-order valence-electron chi connectivity index (χ2n) is 11.8. The number of fused-ring (bicyclic) bond motifs is 2. The number of hydrogen-bond acceptors (Lipinski definition) is 5. The third-order valence-corrected chi connectivity index (χ3v) is 9.70. The van der Waals surface area contributed by atoms with Gasteiger partial charge in [0.2, 0.25) is 11.8 Å². The van der Waals surface area contributed by atoms with Crippen LogP contribution in [0.4, 0.5) is 22.8 Å². The van der Waals surface area contributed by atoms with Crippen LogP contribution in [0.5, 0.6) is 0 Å². The summed E-state index contributed by atoms with van der Waals surface area (Å²) >= 11 is 0. The van der Waals surface area contributed by atoms with Gasteiger partial charge in [-0.05, 0) is 43.4 Å². The van der Waals surface area contributed by atoms with E-state index < -0.39 is 36.3 Å². The highest BCUT2D eigenvalue weighted by Gasteiger charge is 2.60. The van der Waals surface area contributed by atoms with Crippen molar-refractivity contribution >= 4 is 23.9 Å². The molecule has 6 aliphatic rings. The molecule has 2 saturated carbocycles. The number of urea groups is 2. The average Bonchev–Trinajstić information content (AvgIpc) is 3.10. The number of piperazine rings is 1. The first kappa shape index (κ1) is 25.4. The standard InChI is InChI=1S/C25H33F3N6O4/c1-32-18-7-15(25(26,27)28)8-19-22(18)34(11-21(32)36)24(38)33(19)10-16-3-2-12-4-14-9-29-23(37)31-20(35)6-13(14)5-17(12)30-16/h2-3,12-19,22,30H,4-11H2,1H3,(H2,29,31,35,37). The Balaban J connectivity index is 1.19. The van der Waals surface area contributed by atoms with Crippen LogP contribution in [-0.2, 0) is 9.59 Å². The summed E-state index contributed by atoms with van der Waals surface area (Å²) in [5, 5.41) is 8.69. The van der Waals surface area contributed by atoms with Gasteiger partial charge in [0.1, 0.15) is 6.54 Å². The maximum Gasteiger partial charge on any atom is 0.391 e. The topological polar surface area (TPSA) is 114 Å². The molecule has 0 radical (unpaired) electrons. The van der Waals surface area contributed by atoms with Crippen LogP contribution in [-0.4, -0.2) is 102 Å². The lowest BCUT2D eigenvalue weighted by Gasteiger charge is -2.49. The quantitative estimate of drug-likeness (QED) is 0.455. The lowest BCUT2D eigenvalue weighted by Crippen LogP contribution is -2.65. The molecule has 6 rings (SSSR count). The number of carbonyl (C=O) groups is 4. The predicted octanol–water partition coefficient (Wildman–Crippen LogP) is 1.04. The Morgan fingerprint density at radius 3 is 2.53 bits per heavy atom. The number of carbonyl (C=O) groups excluding carboxylic acids is 4. The molecule has 0 aromatic heterocycles. The van der Waals surface area contributed by atoms with Crippen LogP contribution in [0, 0.1) is 23.7 Å². The molecule has 0 spiro atoms. The number of halogens is 3. The number of imide groups is 1. The Kier molecular flexibility index (Phi) is 6.11. The summed E-state index contributed by atoms with van der Waals surface area (Å²) in [6.45, 7) is 0.608. The molecule has 3 saturated heterocycles. The van der Waals surface area contributed by atoms with E-state index in [0.29, 0.717) is 6.54 Å². The fourth-order valence-electron chi connectivity index (χ4n) is 7.78. The van der Waals surface area contributed by atoms with Gasteiger partial charge in [0.25, 0.3) is 0 Å². The molecule has 0 bridgehead atoms. The van der Waals surface area contributed by atoms with Crippen molar-refractivity contribution in [3.8, 4) is 0 Å². The summed E-state index contributed by atoms with van der Waals surface area (Å²) in [6.07, 6.45) is 1.14. The molecule has 9 unspecified atom stereocenters. The average molecular weight is 539 g/mol. The Labute approximate surface area is 218 Å². The Bertz CT molecular complexity index is 1070. The molecule has 4 heterocycles. The van der Waals surface area contributed by atoms with E-state index >= 15 is 0 Å². The van der Waals surface area contributed by atoms with E-state index in [2.05, 4.69) is 22.0 Å². The van der Waals surface area contributed by atoms with Gasteiger partial charge in [-0.1, -0.05) is 12.2 Å². The van der Waals surface area contributed by atoms with Gasteiger partial charge in [-0.25, -0.2) is 9.59 Å². The summed E-state index contributed by atoms with van der Waals surface area (Å²) in [7, 11) is 1.54. The van der Waals surface area contributed by atoms with Crippen molar-refractivity contribution in [2.75, 3.05) is 26.7 Å². The third kappa shape index (κ3) is 4.32. The van der Waals surface area contributed by atoms with Gasteiger partial charge in [0.05, 0.1) is 24.0 Å². The zero-order chi connectivity index (χ0) is 26.9. The zero-order valence-electron chi connectivity index (χ0n) is 21.1. The van der Waals surface area contributed by atoms with E-state index in [1.54, 1.807) is 4.90 Å². The first-order chi connectivity index (χ1) is 18.0. The van der Waals surface area contributed by atoms with E-state index in [1.807, 2.05) is 6.08 Å². The number of amides is 6. The lowest BCUT2D eigenvalue weighted by atomic mass is 9.68. The molecule has 2 aliphatic carbocycles. The molecule has 13 heteroatoms. The van der Waals surface area contributed by atoms with E-state index in [-0.39, 0.29) is 80.0 Å². The second kappa shape index (κ2) is 9.13. The van der Waals surface area contributed by atoms with E-state index in [1.165, 1.54) is 16.8 Å². The van der Waals surface area contributed by atoms with Crippen molar-refractivity contribution in [2.24, 2.45) is 23.7 Å². The van der Waals surface area contributed by atoms with Crippen LogP contribution < -0.4 is 16.0 Å². The Morgan fingerprint density at radius 2 is 1.76 bits per heavy atom. The minimum atomic E-state index is -4.40. The molecule has 0 aromatic rings. The van der Waals surface area contributed by atoms with Crippen molar-refractivity contribution in [2.45, 2.75) is 68.5 Å². The van der Waals surface area contributed by atoms with Crippen LogP contribution in [0.3, 0.4) is 0 Å². The zero-order valence-corrected chi connectivity index (χ0v) is 21.1. The molecule has 5 fully saturated rings. The highest BCUT2D eigenvalue weighted by atomic mass is 19.4. The van der Waals surface area contributed by atoms with Crippen molar-refractivity contribution in [1.82, 2.24) is 30.7 Å². The van der Waals surface area contributed by atoms with Crippen LogP contribution in [0.25, 0.3) is 0 Å². The fourth-order valence-corrected chi connectivity index (χ4v) is 7.78. The summed E-state index contributed by atoms with van der Waals surface area (Å²) < 4.78 is 41.6. The second-order valence-corrected chi connectivity index (χ2v) is 11.8. The summed E-state index contributed by atoms with van der Waals surface area (Å²) in [6, 6.07) is -2.75. The molecular formula is C25H33F3N6O4. The minimum absolute atomic E-state index is 0.0594. The van der Waals surface area contributed by atoms with Gasteiger partial charge >= 0.3 is 18.2 Å². The number of rotatable bonds is 2. The molecule has 38 heavy (non-hydrogen) atoms. The number of hydrogen-bond donors (Lipinski definition) is 3. The Morgan fingerprint density at radius 1 is 1.00 bits per heavy atom. The highest BCUT2D eigenvalue weighted by molar-refractivity contribution is 5.94. The monoisotopic (exact) mass is 538 g/mol. The molecule has 0 aromatic carbocycles. The summed E-state index contributed by atoms with van der Waals surface area (Å²) in [4.78, 5) is 54.3. The molecule has 208 valence electrons. The SMILES string of the molecule is CN1C(=O)CN2C(=O)N(CC3C=CC4CC5CNC(=O)NC(=O)CC5CC4N3)C3CC(C(F)(F)F)CC1C32. The number of alkyl halides is 3. The normalized spacial score (nSPS) is 41.1. The van der Waals surface area contributed by atoms with Crippen molar-refractivity contribution in [3.05, 3.63) is 12.2 Å². The van der Waals surface area contributed by atoms with Gasteiger partial charge in [-0.3, -0.25) is 14.9 Å². The molecule has 3 N–H and O–H groups in total. The summed E-state index contributed by atoms with van der Waals surface area (Å²) in [5.74, 6) is -1.74. The molecular weight excluding hydrogens is 505 g/mol. The van der Waals surface area contributed by atoms with Crippen LogP contribution in [0.15, 0.2) is 12.2 Å². The maximum absolute atomic E-state index is 13.9. The molecule has 4 aliphatic heterocycles. The van der Waals surface area contributed by atoms with Crippen molar-refractivity contribution in [3.63, 3.8) is 0 Å². The molecule has 6 amide bonds. The van der Waals surface area contributed by atoms with Gasteiger partial charge < -0.3 is 25.3 Å². The van der Waals surface area contributed by atoms with Gasteiger partial charge in [-0.15, -0.1) is 0 Å². The minimum Gasteiger partial charge on any atom is -0.339 e. The highest BCUT2D eigenvalue weighted by Crippen LogP contribution is 2.46. The first-order valence-electron chi connectivity index (χ1n) is 13.4. The molecule has 9 atom stereocenters. The predicted molar refractivity (Wildman–Crippen MR) is 127 cm³/mol.